The molecule has 0 saturated heterocycles. The van der Waals surface area contributed by atoms with Crippen LogP contribution in [0.5, 0.6) is 0 Å². The molecule has 1 unspecified atom stereocenters. The van der Waals surface area contributed by atoms with Gasteiger partial charge in [0.05, 0.1) is 6.61 Å². The molecule has 0 aliphatic heterocycles. The molecule has 0 saturated carbocycles. The number of aliphatic hydroxyl groups is 1. The number of allylic oxidation sites excluding steroid dienone is 22. The largest absolute Gasteiger partial charge is 0.462 e. The Morgan fingerprint density at radius 2 is 0.506 bits per heavy atom. The van der Waals surface area contributed by atoms with Gasteiger partial charge in [-0.1, -0.05) is 366 Å². The lowest BCUT2D eigenvalue weighted by molar-refractivity contribution is -0.161. The summed E-state index contributed by atoms with van der Waals surface area (Å²) in [6.45, 7) is 4.03. The summed E-state index contributed by atoms with van der Waals surface area (Å²) in [6, 6.07) is 0. The van der Waals surface area contributed by atoms with Gasteiger partial charge in [0.2, 0.25) is 0 Å². The van der Waals surface area contributed by atoms with E-state index in [2.05, 4.69) is 148 Å². The Balaban J connectivity index is 3.55. The van der Waals surface area contributed by atoms with Gasteiger partial charge in [0.1, 0.15) is 6.61 Å². The molecule has 0 bridgehead atoms. The Hall–Kier alpha value is -3.96. The molecule has 1 N–H and O–H groups in total. The van der Waals surface area contributed by atoms with Gasteiger partial charge in [-0.25, -0.2) is 0 Å². The SMILES string of the molecule is CC/C=C\C/C=C\C/C=C\C/C=C\C/C=C\C/C=C\C/C=C\C/C=C\C/C=C\C/C=C\C/C=C\CCCCCC(=O)OC(CO)COC(=O)CCCCCCCCCCCCCCCCCCCCCCCCCCCCCCCCCCCC. The van der Waals surface area contributed by atoms with Crippen molar-refractivity contribution in [2.45, 2.75) is 347 Å². The number of esters is 2. The third-order valence-corrected chi connectivity index (χ3v) is 15.7. The van der Waals surface area contributed by atoms with E-state index in [9.17, 15) is 14.7 Å². The Morgan fingerprint density at radius 1 is 0.282 bits per heavy atom. The van der Waals surface area contributed by atoms with Crippen molar-refractivity contribution in [1.82, 2.24) is 0 Å². The van der Waals surface area contributed by atoms with Crippen LogP contribution in [-0.4, -0.2) is 36.4 Å². The first-order valence-corrected chi connectivity index (χ1v) is 36.2. The molecular formula is C80H136O5. The Morgan fingerprint density at radius 3 is 0.765 bits per heavy atom. The van der Waals surface area contributed by atoms with Crippen molar-refractivity contribution in [3.8, 4) is 0 Å². The number of carbonyl (C=O) groups excluding carboxylic acids is 2. The van der Waals surface area contributed by atoms with Crippen molar-refractivity contribution in [3.05, 3.63) is 134 Å². The van der Waals surface area contributed by atoms with Crippen molar-refractivity contribution >= 4 is 11.9 Å². The van der Waals surface area contributed by atoms with E-state index >= 15 is 0 Å². The van der Waals surface area contributed by atoms with Gasteiger partial charge in [0, 0.05) is 12.8 Å². The zero-order chi connectivity index (χ0) is 61.2. The highest BCUT2D eigenvalue weighted by Crippen LogP contribution is 2.18. The maximum Gasteiger partial charge on any atom is 0.306 e. The summed E-state index contributed by atoms with van der Waals surface area (Å²) in [6.07, 6.45) is 111. The molecule has 0 heterocycles. The first-order chi connectivity index (χ1) is 42.1. The van der Waals surface area contributed by atoms with E-state index in [0.717, 1.165) is 116 Å². The third kappa shape index (κ3) is 72.4. The molecule has 5 nitrogen and oxygen atoms in total. The summed E-state index contributed by atoms with van der Waals surface area (Å²) in [4.78, 5) is 24.7. The summed E-state index contributed by atoms with van der Waals surface area (Å²) in [7, 11) is 0. The maximum atomic E-state index is 12.4. The van der Waals surface area contributed by atoms with Crippen molar-refractivity contribution in [3.63, 3.8) is 0 Å². The fourth-order valence-electron chi connectivity index (χ4n) is 10.3. The first-order valence-electron chi connectivity index (χ1n) is 36.2. The van der Waals surface area contributed by atoms with Gasteiger partial charge in [-0.3, -0.25) is 9.59 Å². The second-order valence-corrected chi connectivity index (χ2v) is 23.9. The van der Waals surface area contributed by atoms with Gasteiger partial charge in [-0.2, -0.15) is 0 Å². The zero-order valence-corrected chi connectivity index (χ0v) is 55.8. The molecule has 1 atom stereocenters. The number of rotatable bonds is 66. The molecule has 0 fully saturated rings. The smallest absolute Gasteiger partial charge is 0.306 e. The van der Waals surface area contributed by atoms with E-state index in [1.54, 1.807) is 0 Å². The molecule has 0 aliphatic rings. The summed E-state index contributed by atoms with van der Waals surface area (Å²) >= 11 is 0. The van der Waals surface area contributed by atoms with Crippen LogP contribution in [0.15, 0.2) is 134 Å². The second-order valence-electron chi connectivity index (χ2n) is 23.9. The summed E-state index contributed by atoms with van der Waals surface area (Å²) < 4.78 is 10.7. The fraction of sp³-hybridized carbons (Fsp3) is 0.700. The first kappa shape index (κ1) is 81.0. The standard InChI is InChI=1S/C80H136O5/c1-3-5-7-9-11-13-15-17-19-21-23-25-27-29-31-33-35-37-39-40-41-43-45-47-49-51-53-55-57-59-61-63-65-67-69-71-73-75-80(83)85-78(76-81)77-84-79(82)74-72-70-68-66-64-62-60-58-56-54-52-50-48-46-44-42-38-36-34-32-30-28-26-24-22-20-18-16-14-12-10-8-6-4-2/h5,7,11,13,17,19,23,25,29,31,35,37,40-41,45,47,51,53,57,59,63,65,78,81H,3-4,6,8-10,12,14-16,18,20-22,24,26-28,30,32-34,36,38-39,42-44,46,48-50,52,54-56,58,60-62,64,66-77H2,1-2H3/b7-5-,13-11-,19-17-,25-23-,31-29-,37-35-,41-40-,47-45-,53-51-,59-57-,65-63-. The number of hydrogen-bond acceptors (Lipinski definition) is 5. The van der Waals surface area contributed by atoms with Crippen molar-refractivity contribution in [2.75, 3.05) is 13.2 Å². The van der Waals surface area contributed by atoms with Crippen molar-refractivity contribution < 1.29 is 24.2 Å². The van der Waals surface area contributed by atoms with E-state index in [-0.39, 0.29) is 25.2 Å². The molecule has 0 spiro atoms. The Labute approximate surface area is 527 Å². The van der Waals surface area contributed by atoms with Crippen LogP contribution in [0, 0.1) is 0 Å². The predicted octanol–water partition coefficient (Wildman–Crippen LogP) is 25.5. The molecule has 5 heteroatoms. The van der Waals surface area contributed by atoms with Gasteiger partial charge in [0.15, 0.2) is 6.10 Å². The molecule has 0 aromatic heterocycles. The van der Waals surface area contributed by atoms with Crippen LogP contribution in [0.25, 0.3) is 0 Å². The minimum atomic E-state index is -0.800. The Bertz CT molecular complexity index is 1720. The molecular weight excluding hydrogens is 1040 g/mol. The Kier molecular flexibility index (Phi) is 70.8. The second kappa shape index (κ2) is 74.3. The number of unbranched alkanes of at least 4 members (excludes halogenated alkanes) is 36. The fourth-order valence-corrected chi connectivity index (χ4v) is 10.3. The molecule has 0 aliphatic carbocycles. The van der Waals surface area contributed by atoms with Crippen LogP contribution in [0.2, 0.25) is 0 Å². The molecule has 85 heavy (non-hydrogen) atoms. The van der Waals surface area contributed by atoms with Crippen LogP contribution in [0.1, 0.15) is 341 Å². The zero-order valence-electron chi connectivity index (χ0n) is 55.8. The van der Waals surface area contributed by atoms with E-state index in [1.807, 2.05) is 0 Å². The van der Waals surface area contributed by atoms with Gasteiger partial charge in [0.25, 0.3) is 0 Å². The lowest BCUT2D eigenvalue weighted by Gasteiger charge is -2.15. The van der Waals surface area contributed by atoms with Crippen LogP contribution < -0.4 is 0 Å². The average Bonchev–Trinajstić information content (AvgIpc) is 3.52. The molecule has 0 rings (SSSR count). The maximum absolute atomic E-state index is 12.4. The van der Waals surface area contributed by atoms with Gasteiger partial charge in [-0.15, -0.1) is 0 Å². The average molecular weight is 1180 g/mol. The molecule has 0 aromatic carbocycles. The lowest BCUT2D eigenvalue weighted by atomic mass is 10.0. The highest BCUT2D eigenvalue weighted by Gasteiger charge is 2.16. The number of ether oxygens (including phenoxy) is 2. The molecule has 0 radical (unpaired) electrons. The normalized spacial score (nSPS) is 13.0. The monoisotopic (exact) mass is 1180 g/mol. The predicted molar refractivity (Wildman–Crippen MR) is 375 cm³/mol. The van der Waals surface area contributed by atoms with Gasteiger partial charge >= 0.3 is 11.9 Å². The van der Waals surface area contributed by atoms with Crippen LogP contribution in [-0.2, 0) is 19.1 Å². The highest BCUT2D eigenvalue weighted by atomic mass is 16.6. The van der Waals surface area contributed by atoms with Crippen molar-refractivity contribution in [2.24, 2.45) is 0 Å². The third-order valence-electron chi connectivity index (χ3n) is 15.7. The summed E-state index contributed by atoms with van der Waals surface area (Å²) in [5, 5.41) is 9.70. The van der Waals surface area contributed by atoms with Gasteiger partial charge in [-0.05, 0) is 96.3 Å². The number of hydrogen-bond donors (Lipinski definition) is 1. The molecule has 486 valence electrons. The quantitative estimate of drug-likeness (QED) is 0.0373. The summed E-state index contributed by atoms with van der Waals surface area (Å²) in [5.41, 5.74) is 0. The minimum Gasteiger partial charge on any atom is -0.462 e. The van der Waals surface area contributed by atoms with Crippen molar-refractivity contribution in [1.29, 1.82) is 0 Å². The lowest BCUT2D eigenvalue weighted by Crippen LogP contribution is -2.28. The molecule has 0 amide bonds. The van der Waals surface area contributed by atoms with Gasteiger partial charge < -0.3 is 14.6 Å². The topological polar surface area (TPSA) is 72.8 Å². The highest BCUT2D eigenvalue weighted by molar-refractivity contribution is 5.70. The van der Waals surface area contributed by atoms with E-state index in [4.69, 9.17) is 9.47 Å². The van der Waals surface area contributed by atoms with E-state index in [1.165, 1.54) is 199 Å². The number of aliphatic hydroxyl groups excluding tert-OH is 1. The summed E-state index contributed by atoms with van der Waals surface area (Å²) in [5.74, 6) is -0.624. The van der Waals surface area contributed by atoms with Crippen LogP contribution in [0.4, 0.5) is 0 Å². The minimum absolute atomic E-state index is 0.0840. The van der Waals surface area contributed by atoms with Crippen LogP contribution >= 0.6 is 0 Å². The van der Waals surface area contributed by atoms with Crippen LogP contribution in [0.3, 0.4) is 0 Å². The van der Waals surface area contributed by atoms with E-state index in [0.29, 0.717) is 12.8 Å². The molecule has 0 aromatic rings. The number of carbonyl (C=O) groups is 2. The van der Waals surface area contributed by atoms with E-state index < -0.39 is 6.10 Å².